The first-order chi connectivity index (χ1) is 14.6. The molecule has 3 rings (SSSR count). The van der Waals surface area contributed by atoms with E-state index < -0.39 is 18.5 Å². The standard InChI is InChI=1S/C27H46O4/c1-26(2,3)12-5-7-25(30)31-24-10-14-27(15-11-24)13-4-6-20(19-27)8-9-21-16-22(28)18-23(29)17-21/h8-9,22-25,28-30H,4-7,10-19H2,1-3H3/b20-8+/t22-,23-,24?,25?,27?/m0/s1. The summed E-state index contributed by atoms with van der Waals surface area (Å²) in [6.07, 6.45) is 17.4. The van der Waals surface area contributed by atoms with E-state index in [1.807, 2.05) is 0 Å². The van der Waals surface area contributed by atoms with Gasteiger partial charge in [-0.2, -0.15) is 0 Å². The van der Waals surface area contributed by atoms with Crippen LogP contribution >= 0.6 is 0 Å². The van der Waals surface area contributed by atoms with E-state index in [4.69, 9.17) is 4.74 Å². The smallest absolute Gasteiger partial charge is 0.154 e. The van der Waals surface area contributed by atoms with Gasteiger partial charge in [-0.25, -0.2) is 0 Å². The fraction of sp³-hybridized carbons (Fsp3) is 0.852. The lowest BCUT2D eigenvalue weighted by Gasteiger charge is -2.44. The third-order valence-corrected chi connectivity index (χ3v) is 7.62. The van der Waals surface area contributed by atoms with Gasteiger partial charge in [0.05, 0.1) is 18.3 Å². The van der Waals surface area contributed by atoms with Crippen molar-refractivity contribution < 1.29 is 20.1 Å². The summed E-state index contributed by atoms with van der Waals surface area (Å²) in [5.74, 6) is 0. The maximum atomic E-state index is 10.3. The average Bonchev–Trinajstić information content (AvgIpc) is 2.67. The average molecular weight is 435 g/mol. The van der Waals surface area contributed by atoms with Crippen LogP contribution in [0, 0.1) is 10.8 Å². The Morgan fingerprint density at radius 1 is 1.03 bits per heavy atom. The number of aliphatic hydroxyl groups is 3. The lowest BCUT2D eigenvalue weighted by atomic mass is 9.63. The van der Waals surface area contributed by atoms with Gasteiger partial charge in [-0.15, -0.1) is 0 Å². The third kappa shape index (κ3) is 8.31. The minimum Gasteiger partial charge on any atom is -0.393 e. The van der Waals surface area contributed by atoms with Crippen LogP contribution in [-0.4, -0.2) is 39.9 Å². The van der Waals surface area contributed by atoms with Gasteiger partial charge < -0.3 is 20.1 Å². The summed E-state index contributed by atoms with van der Waals surface area (Å²) in [4.78, 5) is 0. The predicted octanol–water partition coefficient (Wildman–Crippen LogP) is 5.80. The molecule has 1 spiro atoms. The molecule has 178 valence electrons. The number of rotatable bonds is 6. The second kappa shape index (κ2) is 11.0. The number of hydrogen-bond acceptors (Lipinski definition) is 4. The Labute approximate surface area is 189 Å². The van der Waals surface area contributed by atoms with Gasteiger partial charge in [-0.05, 0) is 101 Å². The predicted molar refractivity (Wildman–Crippen MR) is 126 cm³/mol. The topological polar surface area (TPSA) is 69.9 Å². The number of aliphatic hydroxyl groups excluding tert-OH is 3. The van der Waals surface area contributed by atoms with Crippen molar-refractivity contribution in [3.63, 3.8) is 0 Å². The highest BCUT2D eigenvalue weighted by atomic mass is 16.6. The molecule has 3 fully saturated rings. The maximum Gasteiger partial charge on any atom is 0.154 e. The van der Waals surface area contributed by atoms with Crippen LogP contribution in [0.2, 0.25) is 0 Å². The second-order valence-corrected chi connectivity index (χ2v) is 11.9. The minimum atomic E-state index is -0.615. The molecule has 3 atom stereocenters. The van der Waals surface area contributed by atoms with E-state index in [1.165, 1.54) is 49.7 Å². The Morgan fingerprint density at radius 2 is 1.68 bits per heavy atom. The first kappa shape index (κ1) is 25.0. The summed E-state index contributed by atoms with van der Waals surface area (Å²) in [6, 6.07) is 0. The van der Waals surface area contributed by atoms with E-state index in [-0.39, 0.29) is 6.10 Å². The van der Waals surface area contributed by atoms with Crippen molar-refractivity contribution in [2.24, 2.45) is 10.8 Å². The van der Waals surface area contributed by atoms with Crippen LogP contribution in [0.25, 0.3) is 0 Å². The molecule has 0 heterocycles. The molecule has 4 nitrogen and oxygen atoms in total. The minimum absolute atomic E-state index is 0.206. The van der Waals surface area contributed by atoms with Gasteiger partial charge in [0.25, 0.3) is 0 Å². The molecule has 4 heteroatoms. The van der Waals surface area contributed by atoms with Crippen LogP contribution in [0.1, 0.15) is 111 Å². The summed E-state index contributed by atoms with van der Waals surface area (Å²) >= 11 is 0. The Bertz CT molecular complexity index is 610. The zero-order chi connectivity index (χ0) is 22.5. The molecule has 3 aliphatic carbocycles. The molecule has 0 aliphatic heterocycles. The van der Waals surface area contributed by atoms with Crippen molar-refractivity contribution in [1.29, 1.82) is 0 Å². The molecular formula is C27H46O4. The number of allylic oxidation sites excluding steroid dienone is 3. The van der Waals surface area contributed by atoms with Gasteiger partial charge in [0, 0.05) is 0 Å². The molecule has 0 amide bonds. The lowest BCUT2D eigenvalue weighted by molar-refractivity contribution is -0.155. The van der Waals surface area contributed by atoms with Gasteiger partial charge in [0.15, 0.2) is 6.29 Å². The summed E-state index contributed by atoms with van der Waals surface area (Å²) in [5, 5.41) is 30.1. The fourth-order valence-electron chi connectivity index (χ4n) is 5.90. The Kier molecular flexibility index (Phi) is 8.82. The number of hydrogen-bond donors (Lipinski definition) is 3. The summed E-state index contributed by atoms with van der Waals surface area (Å²) < 4.78 is 6.00. The van der Waals surface area contributed by atoms with E-state index >= 15 is 0 Å². The van der Waals surface area contributed by atoms with E-state index in [9.17, 15) is 15.3 Å². The van der Waals surface area contributed by atoms with Crippen molar-refractivity contribution in [3.05, 3.63) is 23.3 Å². The van der Waals surface area contributed by atoms with Crippen LogP contribution in [0.3, 0.4) is 0 Å². The molecule has 0 aromatic heterocycles. The molecular weight excluding hydrogens is 388 g/mol. The van der Waals surface area contributed by atoms with Crippen LogP contribution in [0.15, 0.2) is 23.3 Å². The van der Waals surface area contributed by atoms with Crippen molar-refractivity contribution in [1.82, 2.24) is 0 Å². The molecule has 31 heavy (non-hydrogen) atoms. The second-order valence-electron chi connectivity index (χ2n) is 11.9. The highest BCUT2D eigenvalue weighted by Crippen LogP contribution is 2.49. The quantitative estimate of drug-likeness (QED) is 0.462. The monoisotopic (exact) mass is 434 g/mol. The molecule has 0 aromatic rings. The SMILES string of the molecule is CC(C)(C)CCCC(O)OC1CCC2(CCC/C(=C\C=C3C[C@H](O)C[C@@H](O)C3)C2)CC1. The van der Waals surface area contributed by atoms with E-state index in [2.05, 4.69) is 32.9 Å². The maximum absolute atomic E-state index is 10.3. The van der Waals surface area contributed by atoms with Crippen molar-refractivity contribution in [2.75, 3.05) is 0 Å². The number of ether oxygens (including phenoxy) is 1. The van der Waals surface area contributed by atoms with Crippen molar-refractivity contribution in [2.45, 2.75) is 135 Å². The highest BCUT2D eigenvalue weighted by molar-refractivity contribution is 5.22. The van der Waals surface area contributed by atoms with Crippen LogP contribution in [0.5, 0.6) is 0 Å². The van der Waals surface area contributed by atoms with Crippen LogP contribution in [-0.2, 0) is 4.74 Å². The van der Waals surface area contributed by atoms with Gasteiger partial charge in [0.1, 0.15) is 0 Å². The summed E-state index contributed by atoms with van der Waals surface area (Å²) in [5.41, 5.74) is 3.42. The lowest BCUT2D eigenvalue weighted by Crippen LogP contribution is -2.35. The Morgan fingerprint density at radius 3 is 2.32 bits per heavy atom. The molecule has 3 N–H and O–H groups in total. The van der Waals surface area contributed by atoms with Crippen LogP contribution in [0.4, 0.5) is 0 Å². The molecule has 0 saturated heterocycles. The first-order valence-corrected chi connectivity index (χ1v) is 12.7. The van der Waals surface area contributed by atoms with Gasteiger partial charge in [-0.1, -0.05) is 44.1 Å². The fourth-order valence-corrected chi connectivity index (χ4v) is 5.90. The first-order valence-electron chi connectivity index (χ1n) is 12.7. The summed E-state index contributed by atoms with van der Waals surface area (Å²) in [6.45, 7) is 6.73. The zero-order valence-electron chi connectivity index (χ0n) is 20.1. The summed E-state index contributed by atoms with van der Waals surface area (Å²) in [7, 11) is 0. The Balaban J connectivity index is 1.45. The molecule has 0 radical (unpaired) electrons. The van der Waals surface area contributed by atoms with Crippen molar-refractivity contribution >= 4 is 0 Å². The zero-order valence-corrected chi connectivity index (χ0v) is 20.1. The van der Waals surface area contributed by atoms with E-state index in [0.29, 0.717) is 30.1 Å². The molecule has 3 aliphatic rings. The highest BCUT2D eigenvalue weighted by Gasteiger charge is 2.38. The molecule has 0 aromatic carbocycles. The van der Waals surface area contributed by atoms with Gasteiger partial charge >= 0.3 is 0 Å². The van der Waals surface area contributed by atoms with Crippen molar-refractivity contribution in [3.8, 4) is 0 Å². The van der Waals surface area contributed by atoms with Gasteiger partial charge in [0.2, 0.25) is 0 Å². The molecule has 1 unspecified atom stereocenters. The molecule has 0 bridgehead atoms. The Hall–Kier alpha value is -0.680. The third-order valence-electron chi connectivity index (χ3n) is 7.62. The molecule has 3 saturated carbocycles. The largest absolute Gasteiger partial charge is 0.393 e. The van der Waals surface area contributed by atoms with Gasteiger partial charge in [-0.3, -0.25) is 0 Å². The van der Waals surface area contributed by atoms with E-state index in [1.54, 1.807) is 0 Å². The van der Waals surface area contributed by atoms with Crippen LogP contribution < -0.4 is 0 Å². The van der Waals surface area contributed by atoms with E-state index in [0.717, 1.165) is 32.1 Å². The normalized spacial score (nSPS) is 34.8.